The van der Waals surface area contributed by atoms with Gasteiger partial charge in [0.15, 0.2) is 0 Å². The van der Waals surface area contributed by atoms with E-state index < -0.39 is 21.7 Å². The van der Waals surface area contributed by atoms with E-state index in [1.807, 2.05) is 0 Å². The summed E-state index contributed by atoms with van der Waals surface area (Å²) in [5.41, 5.74) is 0.390. The minimum atomic E-state index is -4.16. The van der Waals surface area contributed by atoms with Crippen LogP contribution in [-0.4, -0.2) is 21.4 Å². The van der Waals surface area contributed by atoms with Crippen LogP contribution >= 0.6 is 11.6 Å². The molecular weight excluding hydrogens is 380 g/mol. The summed E-state index contributed by atoms with van der Waals surface area (Å²) in [6.07, 6.45) is 1.29. The Morgan fingerprint density at radius 1 is 1.24 bits per heavy atom. The van der Waals surface area contributed by atoms with Crippen molar-refractivity contribution in [2.75, 3.05) is 7.11 Å². The number of halogens is 2. The molecule has 0 aliphatic carbocycles. The topological polar surface area (TPSA) is 78.8 Å². The third-order valence-electron chi connectivity index (χ3n) is 2.92. The molecule has 0 unspecified atom stereocenters. The maximum Gasteiger partial charge on any atom is 1.00 e. The van der Waals surface area contributed by atoms with Crippen molar-refractivity contribution < 1.29 is 52.2 Å². The normalized spacial score (nSPS) is 12.0. The Morgan fingerprint density at radius 3 is 2.44 bits per heavy atom. The molecule has 0 aliphatic rings. The molecule has 0 bridgehead atoms. The molecule has 0 aromatic heterocycles. The maximum absolute atomic E-state index is 12.9. The molecule has 0 aliphatic heterocycles. The molecule has 0 saturated heterocycles. The molecule has 126 valence electrons. The number of benzene rings is 2. The second-order valence-corrected chi connectivity index (χ2v) is 6.50. The van der Waals surface area contributed by atoms with Crippen molar-refractivity contribution in [3.05, 3.63) is 69.8 Å². The molecule has 0 fully saturated rings. The third kappa shape index (κ3) is 6.45. The summed E-state index contributed by atoms with van der Waals surface area (Å²) in [5, 5.41) is 12.5. The minimum absolute atomic E-state index is 0. The van der Waals surface area contributed by atoms with Crippen LogP contribution in [0, 0.1) is 5.82 Å². The van der Waals surface area contributed by atoms with E-state index in [0.717, 1.165) is 23.6 Å². The third-order valence-corrected chi connectivity index (χ3v) is 4.13. The van der Waals surface area contributed by atoms with Gasteiger partial charge in [0.1, 0.15) is 11.6 Å². The number of sulfonamides is 1. The first kappa shape index (κ1) is 21.7. The number of ether oxygens (including phenoxy) is 1. The summed E-state index contributed by atoms with van der Waals surface area (Å²) in [6.45, 7) is 0. The zero-order valence-corrected chi connectivity index (χ0v) is 17.0. The Balaban J connectivity index is 0.00000312. The number of rotatable bonds is 5. The minimum Gasteiger partial charge on any atom is -0.858 e. The molecule has 0 amide bonds. The Morgan fingerprint density at radius 2 is 1.88 bits per heavy atom. The van der Waals surface area contributed by atoms with E-state index in [1.165, 1.54) is 13.2 Å². The van der Waals surface area contributed by atoms with E-state index in [-0.39, 0.29) is 40.1 Å². The molecule has 2 rings (SSSR count). The number of hydrogen-bond acceptors (Lipinski definition) is 4. The van der Waals surface area contributed by atoms with Gasteiger partial charge in [-0.25, -0.2) is 4.39 Å². The smallest absolute Gasteiger partial charge is 0.858 e. The van der Waals surface area contributed by atoms with Gasteiger partial charge in [0, 0.05) is 11.5 Å². The van der Waals surface area contributed by atoms with E-state index in [2.05, 4.69) is 4.40 Å². The van der Waals surface area contributed by atoms with Crippen molar-refractivity contribution in [2.45, 2.75) is 0 Å². The number of methoxy groups -OCH3 is 1. The molecule has 0 spiro atoms. The van der Waals surface area contributed by atoms with Crippen LogP contribution in [0.5, 0.6) is 5.75 Å². The van der Waals surface area contributed by atoms with Crippen LogP contribution in [0.15, 0.2) is 52.3 Å². The SMILES string of the molecule is COc1ccc(/C=C/S(=O)(=O)/N=C(\[O-])c2ccc(F)cc2Cl)cc1.[Na+]. The standard InChI is InChI=1S/C16H13ClFNO4S.Na/c1-23-13-5-2-11(3-6-13)8-9-24(21,22)19-16(20)14-7-4-12(18)10-15(14)17;/h2-10H,1H3,(H,19,20);/q;+1/p-1/b9-8+;. The van der Waals surface area contributed by atoms with E-state index in [0.29, 0.717) is 11.3 Å². The fraction of sp³-hybridized carbons (Fsp3) is 0.0625. The van der Waals surface area contributed by atoms with Gasteiger partial charge >= 0.3 is 29.6 Å². The van der Waals surface area contributed by atoms with Gasteiger partial charge in [-0.1, -0.05) is 23.7 Å². The van der Waals surface area contributed by atoms with Crippen LogP contribution < -0.4 is 39.4 Å². The molecule has 0 radical (unpaired) electrons. The van der Waals surface area contributed by atoms with Crippen molar-refractivity contribution in [3.63, 3.8) is 0 Å². The van der Waals surface area contributed by atoms with Gasteiger partial charge in [-0.2, -0.15) is 12.8 Å². The van der Waals surface area contributed by atoms with Crippen molar-refractivity contribution in [1.82, 2.24) is 0 Å². The number of nitrogens with zero attached hydrogens (tertiary/aromatic N) is 1. The summed E-state index contributed by atoms with van der Waals surface area (Å²) >= 11 is 5.71. The second kappa shape index (κ2) is 9.35. The van der Waals surface area contributed by atoms with Gasteiger partial charge in [0.2, 0.25) is 0 Å². The van der Waals surface area contributed by atoms with Crippen LogP contribution in [-0.2, 0) is 10.0 Å². The summed E-state index contributed by atoms with van der Waals surface area (Å²) in [6, 6.07) is 9.58. The van der Waals surface area contributed by atoms with Crippen molar-refractivity contribution >= 4 is 33.6 Å². The molecule has 2 aromatic carbocycles. The summed E-state index contributed by atoms with van der Waals surface area (Å²) in [5.74, 6) is -1.08. The van der Waals surface area contributed by atoms with Gasteiger partial charge < -0.3 is 9.84 Å². The monoisotopic (exact) mass is 391 g/mol. The average molecular weight is 392 g/mol. The Kier molecular flexibility index (Phi) is 8.11. The first-order valence-electron chi connectivity index (χ1n) is 6.60. The molecule has 0 heterocycles. The van der Waals surface area contributed by atoms with E-state index in [1.54, 1.807) is 24.3 Å². The fourth-order valence-electron chi connectivity index (χ4n) is 1.74. The van der Waals surface area contributed by atoms with Crippen molar-refractivity contribution in [1.29, 1.82) is 0 Å². The first-order valence-corrected chi connectivity index (χ1v) is 8.48. The Labute approximate surface area is 172 Å². The molecule has 5 nitrogen and oxygen atoms in total. The van der Waals surface area contributed by atoms with Crippen LogP contribution in [0.2, 0.25) is 5.02 Å². The van der Waals surface area contributed by atoms with Crippen LogP contribution in [0.4, 0.5) is 4.39 Å². The fourth-order valence-corrected chi connectivity index (χ4v) is 2.71. The van der Waals surface area contributed by atoms with Crippen molar-refractivity contribution in [2.24, 2.45) is 4.40 Å². The van der Waals surface area contributed by atoms with E-state index in [4.69, 9.17) is 16.3 Å². The molecule has 2 aromatic rings. The predicted molar refractivity (Wildman–Crippen MR) is 88.9 cm³/mol. The number of hydrogen-bond donors (Lipinski definition) is 0. The maximum atomic E-state index is 12.9. The molecule has 9 heteroatoms. The molecule has 0 N–H and O–H groups in total. The Hall–Kier alpha value is -1.38. The van der Waals surface area contributed by atoms with E-state index >= 15 is 0 Å². The largest absolute Gasteiger partial charge is 1.00 e. The van der Waals surface area contributed by atoms with Gasteiger partial charge in [0.05, 0.1) is 17.5 Å². The van der Waals surface area contributed by atoms with Crippen LogP contribution in [0.3, 0.4) is 0 Å². The van der Waals surface area contributed by atoms with Gasteiger partial charge in [-0.05, 0) is 42.0 Å². The molecule has 25 heavy (non-hydrogen) atoms. The average Bonchev–Trinajstić information content (AvgIpc) is 2.53. The van der Waals surface area contributed by atoms with Gasteiger partial charge in [-0.3, -0.25) is 0 Å². The van der Waals surface area contributed by atoms with Gasteiger partial charge in [-0.15, -0.1) is 0 Å². The molecule has 0 atom stereocenters. The Bertz CT molecular complexity index is 899. The molecule has 0 saturated carbocycles. The summed E-state index contributed by atoms with van der Waals surface area (Å²) < 4.78 is 44.8. The van der Waals surface area contributed by atoms with Gasteiger partial charge in [0.25, 0.3) is 10.0 Å². The quantitative estimate of drug-likeness (QED) is 0.395. The molecular formula is C16H12ClFNNaO4S. The van der Waals surface area contributed by atoms with Crippen molar-refractivity contribution in [3.8, 4) is 5.75 Å². The zero-order chi connectivity index (χ0) is 17.7. The van der Waals surface area contributed by atoms with Crippen LogP contribution in [0.25, 0.3) is 6.08 Å². The first-order chi connectivity index (χ1) is 11.3. The second-order valence-electron chi connectivity index (χ2n) is 4.61. The summed E-state index contributed by atoms with van der Waals surface area (Å²) in [4.78, 5) is 0. The van der Waals surface area contributed by atoms with Crippen LogP contribution in [0.1, 0.15) is 11.1 Å². The van der Waals surface area contributed by atoms with E-state index in [9.17, 15) is 17.9 Å². The zero-order valence-electron chi connectivity index (χ0n) is 13.4. The summed E-state index contributed by atoms with van der Waals surface area (Å²) in [7, 11) is -2.64. The predicted octanol–water partition coefficient (Wildman–Crippen LogP) is -0.401.